The van der Waals surface area contributed by atoms with Gasteiger partial charge in [0, 0.05) is 10.7 Å². The van der Waals surface area contributed by atoms with Gasteiger partial charge < -0.3 is 0 Å². The quantitative estimate of drug-likeness (QED) is 0.673. The lowest BCUT2D eigenvalue weighted by molar-refractivity contribution is 0.516. The summed E-state index contributed by atoms with van der Waals surface area (Å²) in [6.45, 7) is 4.30. The normalized spacial score (nSPS) is 20.6. The Morgan fingerprint density at radius 3 is 2.23 bits per heavy atom. The van der Waals surface area contributed by atoms with Crippen LogP contribution in [0, 0.1) is 5.92 Å². The van der Waals surface area contributed by atoms with Gasteiger partial charge in [-0.15, -0.1) is 0 Å². The number of hydrogen-bond acceptors (Lipinski definition) is 2. The molecule has 1 aliphatic rings. The third-order valence-corrected chi connectivity index (χ3v) is 5.37. The topological polar surface area (TPSA) is 34.1 Å². The van der Waals surface area contributed by atoms with E-state index < -0.39 is 13.8 Å². The fraction of sp³-hybridized carbons (Fsp3) is 1.00. The van der Waals surface area contributed by atoms with Gasteiger partial charge in [0.2, 0.25) is 9.05 Å². The maximum Gasteiger partial charge on any atom is 0.238 e. The minimum Gasteiger partial charge on any atom is -0.212 e. The second kappa shape index (κ2) is 3.77. The molecule has 0 unspecified atom stereocenters. The Morgan fingerprint density at radius 1 is 1.38 bits per heavy atom. The smallest absolute Gasteiger partial charge is 0.212 e. The summed E-state index contributed by atoms with van der Waals surface area (Å²) in [4.78, 5) is 0. The molecule has 78 valence electrons. The molecule has 0 aromatic rings. The van der Waals surface area contributed by atoms with Crippen molar-refractivity contribution in [3.8, 4) is 0 Å². The highest BCUT2D eigenvalue weighted by Crippen LogP contribution is 2.49. The summed E-state index contributed by atoms with van der Waals surface area (Å²) in [6.07, 6.45) is 4.34. The van der Waals surface area contributed by atoms with Gasteiger partial charge in [0.15, 0.2) is 0 Å². The Labute approximate surface area is 85.1 Å². The van der Waals surface area contributed by atoms with Gasteiger partial charge in [-0.2, -0.15) is 0 Å². The Balaban J connectivity index is 2.37. The molecular weight excluding hydrogens is 208 g/mol. The van der Waals surface area contributed by atoms with Gasteiger partial charge >= 0.3 is 0 Å². The van der Waals surface area contributed by atoms with Crippen molar-refractivity contribution in [3.05, 3.63) is 0 Å². The zero-order valence-electron chi connectivity index (χ0n) is 8.22. The molecular formula is C9H17ClO2S. The van der Waals surface area contributed by atoms with Crippen LogP contribution in [0.15, 0.2) is 0 Å². The van der Waals surface area contributed by atoms with E-state index in [9.17, 15) is 8.42 Å². The van der Waals surface area contributed by atoms with E-state index in [2.05, 4.69) is 13.8 Å². The SMILES string of the molecule is CC(C)CCCC1(S(=O)(=O)Cl)CC1. The predicted octanol–water partition coefficient (Wildman–Crippen LogP) is 2.91. The summed E-state index contributed by atoms with van der Waals surface area (Å²) < 4.78 is 21.8. The fourth-order valence-electron chi connectivity index (χ4n) is 1.59. The molecule has 0 heterocycles. The van der Waals surface area contributed by atoms with Crippen molar-refractivity contribution in [1.82, 2.24) is 0 Å². The van der Waals surface area contributed by atoms with Gasteiger partial charge in [0.25, 0.3) is 0 Å². The van der Waals surface area contributed by atoms with Crippen molar-refractivity contribution >= 4 is 19.7 Å². The molecule has 0 aromatic carbocycles. The first-order chi connectivity index (χ1) is 5.87. The van der Waals surface area contributed by atoms with Gasteiger partial charge in [-0.25, -0.2) is 8.42 Å². The van der Waals surface area contributed by atoms with E-state index in [1.165, 1.54) is 0 Å². The van der Waals surface area contributed by atoms with E-state index in [4.69, 9.17) is 10.7 Å². The molecule has 1 saturated carbocycles. The van der Waals surface area contributed by atoms with E-state index in [-0.39, 0.29) is 0 Å². The summed E-state index contributed by atoms with van der Waals surface area (Å²) in [5, 5.41) is 0. The van der Waals surface area contributed by atoms with E-state index in [1.54, 1.807) is 0 Å². The minimum atomic E-state index is -3.32. The molecule has 2 nitrogen and oxygen atoms in total. The van der Waals surface area contributed by atoms with Crippen LogP contribution in [0.4, 0.5) is 0 Å². The zero-order valence-corrected chi connectivity index (χ0v) is 9.79. The highest BCUT2D eigenvalue weighted by Gasteiger charge is 2.52. The van der Waals surface area contributed by atoms with Gasteiger partial charge in [-0.1, -0.05) is 26.7 Å². The molecule has 0 bridgehead atoms. The Bertz CT molecular complexity index is 265. The second-order valence-corrected chi connectivity index (χ2v) is 7.37. The minimum absolute atomic E-state index is 0.538. The van der Waals surface area contributed by atoms with Crippen LogP contribution in [0.25, 0.3) is 0 Å². The summed E-state index contributed by atoms with van der Waals surface area (Å²) in [5.74, 6) is 0.647. The molecule has 0 aliphatic heterocycles. The Hall–Kier alpha value is 0.240. The molecule has 0 N–H and O–H groups in total. The fourth-order valence-corrected chi connectivity index (χ4v) is 3.26. The molecule has 0 aromatic heterocycles. The van der Waals surface area contributed by atoms with Crippen LogP contribution in [0.5, 0.6) is 0 Å². The van der Waals surface area contributed by atoms with Crippen molar-refractivity contribution in [2.24, 2.45) is 5.92 Å². The molecule has 1 aliphatic carbocycles. The Kier molecular flexibility index (Phi) is 3.29. The lowest BCUT2D eigenvalue weighted by Crippen LogP contribution is -2.17. The van der Waals surface area contributed by atoms with Crippen molar-refractivity contribution in [3.63, 3.8) is 0 Å². The van der Waals surface area contributed by atoms with Gasteiger partial charge in [-0.05, 0) is 25.2 Å². The van der Waals surface area contributed by atoms with Crippen LogP contribution in [-0.4, -0.2) is 13.2 Å². The molecule has 13 heavy (non-hydrogen) atoms. The van der Waals surface area contributed by atoms with Crippen molar-refractivity contribution in [2.75, 3.05) is 0 Å². The van der Waals surface area contributed by atoms with Gasteiger partial charge in [0.1, 0.15) is 0 Å². The molecule has 0 amide bonds. The lowest BCUT2D eigenvalue weighted by Gasteiger charge is -2.11. The molecule has 4 heteroatoms. The van der Waals surface area contributed by atoms with Crippen LogP contribution in [-0.2, 0) is 9.05 Å². The largest absolute Gasteiger partial charge is 0.238 e. The summed E-state index contributed by atoms with van der Waals surface area (Å²) >= 11 is 0. The van der Waals surface area contributed by atoms with Gasteiger partial charge in [0.05, 0.1) is 4.75 Å². The summed E-state index contributed by atoms with van der Waals surface area (Å²) in [5.41, 5.74) is 0. The highest BCUT2D eigenvalue weighted by molar-refractivity contribution is 8.15. The molecule has 1 rings (SSSR count). The molecule has 0 radical (unpaired) electrons. The summed E-state index contributed by atoms with van der Waals surface area (Å²) in [6, 6.07) is 0. The molecule has 0 saturated heterocycles. The molecule has 0 spiro atoms. The maximum absolute atomic E-state index is 11.2. The van der Waals surface area contributed by atoms with Crippen LogP contribution in [0.2, 0.25) is 0 Å². The maximum atomic E-state index is 11.2. The first kappa shape index (κ1) is 11.3. The molecule has 1 fully saturated rings. The number of rotatable bonds is 5. The number of hydrogen-bond donors (Lipinski definition) is 0. The third kappa shape index (κ3) is 2.84. The average molecular weight is 225 g/mol. The summed E-state index contributed by atoms with van der Waals surface area (Å²) in [7, 11) is 2.06. The zero-order chi connectivity index (χ0) is 10.1. The van der Waals surface area contributed by atoms with Gasteiger partial charge in [-0.3, -0.25) is 0 Å². The van der Waals surface area contributed by atoms with Crippen molar-refractivity contribution in [1.29, 1.82) is 0 Å². The van der Waals surface area contributed by atoms with Crippen LogP contribution in [0.1, 0.15) is 46.0 Å². The van der Waals surface area contributed by atoms with Crippen LogP contribution < -0.4 is 0 Å². The van der Waals surface area contributed by atoms with Crippen LogP contribution >= 0.6 is 10.7 Å². The van der Waals surface area contributed by atoms with E-state index in [0.717, 1.165) is 32.1 Å². The molecule has 0 atom stereocenters. The first-order valence-corrected chi connectivity index (χ1v) is 7.12. The monoisotopic (exact) mass is 224 g/mol. The van der Waals surface area contributed by atoms with E-state index in [0.29, 0.717) is 5.92 Å². The van der Waals surface area contributed by atoms with Crippen molar-refractivity contribution in [2.45, 2.75) is 50.7 Å². The van der Waals surface area contributed by atoms with Crippen molar-refractivity contribution < 1.29 is 8.42 Å². The lowest BCUT2D eigenvalue weighted by atomic mass is 10.0. The van der Waals surface area contributed by atoms with Crippen LogP contribution in [0.3, 0.4) is 0 Å². The van der Waals surface area contributed by atoms with E-state index >= 15 is 0 Å². The predicted molar refractivity (Wildman–Crippen MR) is 55.4 cm³/mol. The first-order valence-electron chi connectivity index (χ1n) is 4.82. The highest BCUT2D eigenvalue weighted by atomic mass is 35.7. The van der Waals surface area contributed by atoms with E-state index in [1.807, 2.05) is 0 Å². The third-order valence-electron chi connectivity index (χ3n) is 2.74. The Morgan fingerprint density at radius 2 is 1.92 bits per heavy atom. The standard InChI is InChI=1S/C9H17ClO2S/c1-8(2)4-3-5-9(6-7-9)13(10,11)12/h8H,3-7H2,1-2H3. The number of halogens is 1. The average Bonchev–Trinajstić information content (AvgIpc) is 2.65. The second-order valence-electron chi connectivity index (χ2n) is 4.41.